The Kier molecular flexibility index (Phi) is 8.09. The van der Waals surface area contributed by atoms with Crippen LogP contribution in [0.2, 0.25) is 0 Å². The highest BCUT2D eigenvalue weighted by atomic mass is 32.2. The molecule has 1 heterocycles. The Morgan fingerprint density at radius 2 is 1.62 bits per heavy atom. The van der Waals surface area contributed by atoms with Gasteiger partial charge in [-0.25, -0.2) is 4.98 Å². The normalized spacial score (nSPS) is 10.7. The van der Waals surface area contributed by atoms with Crippen LogP contribution in [0.4, 0.5) is 5.69 Å². The number of nitro groups is 1. The number of thioether (sulfide) groups is 1. The fourth-order valence-electron chi connectivity index (χ4n) is 3.81. The molecule has 1 aromatic heterocycles. The van der Waals surface area contributed by atoms with Crippen molar-refractivity contribution in [1.82, 2.24) is 14.9 Å². The third-order valence-electron chi connectivity index (χ3n) is 5.72. The molecular formula is C27H26N4O5S. The number of ether oxygens (including phenoxy) is 2. The monoisotopic (exact) mass is 518 g/mol. The van der Waals surface area contributed by atoms with Crippen LogP contribution in [0.1, 0.15) is 10.4 Å². The minimum atomic E-state index is -0.519. The summed E-state index contributed by atoms with van der Waals surface area (Å²) in [5.74, 6) is 1.74. The molecule has 1 N–H and O–H groups in total. The molecule has 0 aliphatic rings. The molecule has 0 radical (unpaired) electrons. The molecule has 190 valence electrons. The van der Waals surface area contributed by atoms with Gasteiger partial charge in [-0.15, -0.1) is 0 Å². The SMILES string of the molecule is COc1ccc(-c2nc(SCCNC(=O)c3cccc([N+](=O)[O-])c3)n(C)c2-c2ccc(OC)cc2)cc1. The first kappa shape index (κ1) is 25.8. The van der Waals surface area contributed by atoms with Gasteiger partial charge in [0.1, 0.15) is 11.5 Å². The zero-order valence-corrected chi connectivity index (χ0v) is 21.5. The summed E-state index contributed by atoms with van der Waals surface area (Å²) in [6.07, 6.45) is 0. The molecule has 0 atom stereocenters. The molecule has 1 amide bonds. The topological polar surface area (TPSA) is 109 Å². The molecule has 0 saturated heterocycles. The molecule has 3 aromatic carbocycles. The van der Waals surface area contributed by atoms with Crippen molar-refractivity contribution in [2.24, 2.45) is 7.05 Å². The number of carbonyl (C=O) groups is 1. The van der Waals surface area contributed by atoms with Crippen molar-refractivity contribution in [3.8, 4) is 34.0 Å². The van der Waals surface area contributed by atoms with Gasteiger partial charge in [0.15, 0.2) is 5.16 Å². The Hall–Kier alpha value is -4.31. The second kappa shape index (κ2) is 11.6. The molecule has 4 aromatic rings. The molecular weight excluding hydrogens is 492 g/mol. The Balaban J connectivity index is 1.52. The lowest BCUT2D eigenvalue weighted by Gasteiger charge is -2.09. The van der Waals surface area contributed by atoms with Gasteiger partial charge in [0.2, 0.25) is 0 Å². The van der Waals surface area contributed by atoms with Crippen LogP contribution >= 0.6 is 11.8 Å². The Morgan fingerprint density at radius 3 is 2.22 bits per heavy atom. The van der Waals surface area contributed by atoms with Crippen molar-refractivity contribution in [3.05, 3.63) is 88.5 Å². The first-order chi connectivity index (χ1) is 17.9. The molecule has 37 heavy (non-hydrogen) atoms. The number of nitrogens with one attached hydrogen (secondary N) is 1. The molecule has 0 fully saturated rings. The van der Waals surface area contributed by atoms with Crippen LogP contribution in [-0.2, 0) is 7.05 Å². The molecule has 0 aliphatic heterocycles. The third-order valence-corrected chi connectivity index (χ3v) is 6.75. The number of nitrogens with zero attached hydrogens (tertiary/aromatic N) is 3. The average Bonchev–Trinajstić information content (AvgIpc) is 3.26. The number of rotatable bonds is 10. The van der Waals surface area contributed by atoms with E-state index in [1.807, 2.05) is 60.1 Å². The van der Waals surface area contributed by atoms with Gasteiger partial charge in [-0.3, -0.25) is 14.9 Å². The van der Waals surface area contributed by atoms with Crippen molar-refractivity contribution in [2.45, 2.75) is 5.16 Å². The van der Waals surface area contributed by atoms with E-state index >= 15 is 0 Å². The highest BCUT2D eigenvalue weighted by Gasteiger charge is 2.19. The average molecular weight is 519 g/mol. The van der Waals surface area contributed by atoms with Crippen LogP contribution in [0.25, 0.3) is 22.5 Å². The smallest absolute Gasteiger partial charge is 0.270 e. The fraction of sp³-hybridized carbons (Fsp3) is 0.185. The lowest BCUT2D eigenvalue weighted by molar-refractivity contribution is -0.384. The van der Waals surface area contributed by atoms with Gasteiger partial charge in [0, 0.05) is 48.2 Å². The summed E-state index contributed by atoms with van der Waals surface area (Å²) in [7, 11) is 5.23. The second-order valence-electron chi connectivity index (χ2n) is 8.02. The quantitative estimate of drug-likeness (QED) is 0.133. The summed E-state index contributed by atoms with van der Waals surface area (Å²) >= 11 is 1.51. The van der Waals surface area contributed by atoms with Crippen LogP contribution in [0.15, 0.2) is 78.0 Å². The molecule has 0 bridgehead atoms. The van der Waals surface area contributed by atoms with Crippen molar-refractivity contribution in [1.29, 1.82) is 0 Å². The highest BCUT2D eigenvalue weighted by molar-refractivity contribution is 7.99. The lowest BCUT2D eigenvalue weighted by atomic mass is 10.0. The number of hydrogen-bond acceptors (Lipinski definition) is 7. The predicted molar refractivity (Wildman–Crippen MR) is 143 cm³/mol. The zero-order chi connectivity index (χ0) is 26.4. The minimum Gasteiger partial charge on any atom is -0.497 e. The number of non-ortho nitro benzene ring substituents is 1. The molecule has 0 spiro atoms. The van der Waals surface area contributed by atoms with Gasteiger partial charge in [-0.2, -0.15) is 0 Å². The van der Waals surface area contributed by atoms with Crippen LogP contribution in [0, 0.1) is 10.1 Å². The first-order valence-electron chi connectivity index (χ1n) is 11.4. The maximum absolute atomic E-state index is 12.4. The van der Waals surface area contributed by atoms with Crippen molar-refractivity contribution < 1.29 is 19.2 Å². The van der Waals surface area contributed by atoms with E-state index in [9.17, 15) is 14.9 Å². The highest BCUT2D eigenvalue weighted by Crippen LogP contribution is 2.36. The van der Waals surface area contributed by atoms with Crippen molar-refractivity contribution in [3.63, 3.8) is 0 Å². The standard InChI is InChI=1S/C27H26N4O5S/c1-30-25(19-9-13-23(36-3)14-10-19)24(18-7-11-22(35-2)12-8-18)29-27(30)37-16-15-28-26(32)20-5-4-6-21(17-20)31(33)34/h4-14,17H,15-16H2,1-3H3,(H,28,32). The summed E-state index contributed by atoms with van der Waals surface area (Å²) in [6, 6.07) is 21.2. The number of benzene rings is 3. The fourth-order valence-corrected chi connectivity index (χ4v) is 4.63. The van der Waals surface area contributed by atoms with Crippen molar-refractivity contribution >= 4 is 23.4 Å². The Bertz CT molecular complexity index is 1400. The van der Waals surface area contributed by atoms with Crippen LogP contribution in [0.3, 0.4) is 0 Å². The van der Waals surface area contributed by atoms with E-state index in [1.165, 1.54) is 30.0 Å². The van der Waals surface area contributed by atoms with Gasteiger partial charge in [0.25, 0.3) is 11.6 Å². The number of hydrogen-bond donors (Lipinski definition) is 1. The molecule has 10 heteroatoms. The number of nitro benzene ring substituents is 1. The Morgan fingerprint density at radius 1 is 1.00 bits per heavy atom. The van der Waals surface area contributed by atoms with E-state index in [0.29, 0.717) is 12.3 Å². The molecule has 0 aliphatic carbocycles. The van der Waals surface area contributed by atoms with Crippen molar-refractivity contribution in [2.75, 3.05) is 26.5 Å². The maximum atomic E-state index is 12.4. The molecule has 9 nitrogen and oxygen atoms in total. The number of aromatic nitrogens is 2. The van der Waals surface area contributed by atoms with Gasteiger partial charge < -0.3 is 19.4 Å². The summed E-state index contributed by atoms with van der Waals surface area (Å²) in [5, 5.41) is 14.6. The van der Waals surface area contributed by atoms with E-state index in [0.717, 1.165) is 39.2 Å². The van der Waals surface area contributed by atoms with E-state index in [4.69, 9.17) is 14.5 Å². The second-order valence-corrected chi connectivity index (χ2v) is 9.08. The summed E-state index contributed by atoms with van der Waals surface area (Å²) < 4.78 is 12.6. The Labute approximate surface area is 218 Å². The van der Waals surface area contributed by atoms with Gasteiger partial charge in [-0.1, -0.05) is 17.8 Å². The van der Waals surface area contributed by atoms with Crippen LogP contribution in [0.5, 0.6) is 11.5 Å². The maximum Gasteiger partial charge on any atom is 0.270 e. The van der Waals surface area contributed by atoms with Crippen LogP contribution < -0.4 is 14.8 Å². The third kappa shape index (κ3) is 5.92. The van der Waals surface area contributed by atoms with Gasteiger partial charge in [-0.05, 0) is 54.6 Å². The molecule has 0 saturated carbocycles. The lowest BCUT2D eigenvalue weighted by Crippen LogP contribution is -2.25. The molecule has 0 unspecified atom stereocenters. The zero-order valence-electron chi connectivity index (χ0n) is 20.6. The van der Waals surface area contributed by atoms with E-state index in [2.05, 4.69) is 5.32 Å². The van der Waals surface area contributed by atoms with Crippen LogP contribution in [-0.4, -0.2) is 46.9 Å². The number of imidazole rings is 1. The summed E-state index contributed by atoms with van der Waals surface area (Å²) in [5.41, 5.74) is 3.86. The van der Waals surface area contributed by atoms with E-state index in [-0.39, 0.29) is 17.2 Å². The van der Waals surface area contributed by atoms with E-state index < -0.39 is 4.92 Å². The molecule has 4 rings (SSSR count). The van der Waals surface area contributed by atoms with E-state index in [1.54, 1.807) is 20.3 Å². The van der Waals surface area contributed by atoms with Gasteiger partial charge in [0.05, 0.1) is 30.5 Å². The predicted octanol–water partition coefficient (Wildman–Crippen LogP) is 5.20. The number of amides is 1. The minimum absolute atomic E-state index is 0.118. The number of methoxy groups -OCH3 is 2. The van der Waals surface area contributed by atoms with Gasteiger partial charge >= 0.3 is 0 Å². The first-order valence-corrected chi connectivity index (χ1v) is 12.4. The summed E-state index contributed by atoms with van der Waals surface area (Å²) in [6.45, 7) is 0.370. The number of carbonyl (C=O) groups excluding carboxylic acids is 1. The summed E-state index contributed by atoms with van der Waals surface area (Å²) in [4.78, 5) is 27.8. The largest absolute Gasteiger partial charge is 0.497 e.